The van der Waals surface area contributed by atoms with Crippen LogP contribution in [0.5, 0.6) is 11.8 Å². The first-order valence-corrected chi connectivity index (χ1v) is 8.57. The van der Waals surface area contributed by atoms with Crippen molar-refractivity contribution in [3.05, 3.63) is 24.2 Å². The van der Waals surface area contributed by atoms with Crippen LogP contribution in [-0.2, 0) is 0 Å². The molecule has 3 rings (SSSR count). The van der Waals surface area contributed by atoms with E-state index in [0.717, 1.165) is 36.2 Å². The second-order valence-corrected chi connectivity index (χ2v) is 6.01. The maximum absolute atomic E-state index is 5.85. The van der Waals surface area contributed by atoms with Gasteiger partial charge in [0, 0.05) is 24.7 Å². The molecular formula is C15H19N5O2S. The Morgan fingerprint density at radius 1 is 1.26 bits per heavy atom. The Labute approximate surface area is 139 Å². The van der Waals surface area contributed by atoms with Crippen molar-refractivity contribution < 1.29 is 9.47 Å². The summed E-state index contributed by atoms with van der Waals surface area (Å²) in [4.78, 5) is 19.5. The number of aryl methyl sites for hydroxylation is 1. The Hall–Kier alpha value is -2.09. The normalized spacial score (nSPS) is 17.3. The van der Waals surface area contributed by atoms with Crippen LogP contribution >= 0.6 is 11.8 Å². The molecule has 0 aliphatic carbocycles. The first kappa shape index (κ1) is 15.8. The molecule has 1 saturated heterocycles. The van der Waals surface area contributed by atoms with Crippen molar-refractivity contribution in [2.45, 2.75) is 24.6 Å². The minimum atomic E-state index is 0.0522. The highest BCUT2D eigenvalue weighted by Gasteiger charge is 2.26. The molecule has 1 fully saturated rings. The summed E-state index contributed by atoms with van der Waals surface area (Å²) in [5.74, 6) is 1.56. The van der Waals surface area contributed by atoms with Crippen LogP contribution in [0.4, 0.5) is 5.82 Å². The molecule has 1 unspecified atom stereocenters. The van der Waals surface area contributed by atoms with E-state index in [1.807, 2.05) is 19.2 Å². The molecule has 1 aliphatic rings. The van der Waals surface area contributed by atoms with E-state index in [2.05, 4.69) is 24.8 Å². The molecule has 0 saturated carbocycles. The monoisotopic (exact) mass is 333 g/mol. The summed E-state index contributed by atoms with van der Waals surface area (Å²) in [6.45, 7) is 3.64. The molecular weight excluding hydrogens is 314 g/mol. The highest BCUT2D eigenvalue weighted by Crippen LogP contribution is 2.23. The number of nitrogens with zero attached hydrogens (tertiary/aromatic N) is 5. The molecule has 3 heterocycles. The van der Waals surface area contributed by atoms with Crippen LogP contribution in [0.15, 0.2) is 23.6 Å². The molecule has 2 aromatic rings. The van der Waals surface area contributed by atoms with Crippen LogP contribution in [0, 0.1) is 6.92 Å². The van der Waals surface area contributed by atoms with E-state index < -0.39 is 0 Å². The number of anilines is 1. The van der Waals surface area contributed by atoms with Crippen molar-refractivity contribution in [1.82, 2.24) is 19.9 Å². The third-order valence-electron chi connectivity index (χ3n) is 3.58. The van der Waals surface area contributed by atoms with E-state index in [1.165, 1.54) is 0 Å². The molecule has 122 valence electrons. The van der Waals surface area contributed by atoms with Gasteiger partial charge in [0.05, 0.1) is 26.0 Å². The summed E-state index contributed by atoms with van der Waals surface area (Å²) in [5.41, 5.74) is 0.974. The van der Waals surface area contributed by atoms with Gasteiger partial charge in [0.25, 0.3) is 0 Å². The van der Waals surface area contributed by atoms with Gasteiger partial charge in [0.2, 0.25) is 0 Å². The van der Waals surface area contributed by atoms with Crippen LogP contribution in [0.2, 0.25) is 0 Å². The van der Waals surface area contributed by atoms with Crippen molar-refractivity contribution in [3.8, 4) is 11.8 Å². The Balaban J connectivity index is 1.64. The summed E-state index contributed by atoms with van der Waals surface area (Å²) in [6, 6.07) is 2.38. The van der Waals surface area contributed by atoms with Gasteiger partial charge in [-0.05, 0) is 13.2 Å². The molecule has 1 aliphatic heterocycles. The zero-order chi connectivity index (χ0) is 16.2. The van der Waals surface area contributed by atoms with Gasteiger partial charge in [0.1, 0.15) is 11.9 Å². The van der Waals surface area contributed by atoms with Gasteiger partial charge < -0.3 is 14.4 Å². The molecule has 0 radical (unpaired) electrons. The minimum Gasteiger partial charge on any atom is -0.494 e. The Morgan fingerprint density at radius 2 is 2.04 bits per heavy atom. The quantitative estimate of drug-likeness (QED) is 0.607. The second-order valence-electron chi connectivity index (χ2n) is 5.23. The minimum absolute atomic E-state index is 0.0522. The number of methoxy groups -OCH3 is 1. The van der Waals surface area contributed by atoms with E-state index in [4.69, 9.17) is 9.47 Å². The standard InChI is InChI=1S/C15H19N5O2S/c1-10-6-13(19-15(18-10)23-3)20-5-4-11(9-20)22-14-16-7-12(21-2)8-17-14/h6-8,11H,4-5,9H2,1-3H3. The summed E-state index contributed by atoms with van der Waals surface area (Å²) < 4.78 is 10.9. The van der Waals surface area contributed by atoms with Crippen molar-refractivity contribution in [1.29, 1.82) is 0 Å². The van der Waals surface area contributed by atoms with Gasteiger partial charge >= 0.3 is 6.01 Å². The molecule has 0 spiro atoms. The first-order valence-electron chi connectivity index (χ1n) is 7.35. The van der Waals surface area contributed by atoms with Crippen molar-refractivity contribution in [2.24, 2.45) is 0 Å². The van der Waals surface area contributed by atoms with Gasteiger partial charge in [0.15, 0.2) is 10.9 Å². The maximum Gasteiger partial charge on any atom is 0.316 e. The third kappa shape index (κ3) is 3.82. The fourth-order valence-corrected chi connectivity index (χ4v) is 2.85. The van der Waals surface area contributed by atoms with Crippen LogP contribution < -0.4 is 14.4 Å². The smallest absolute Gasteiger partial charge is 0.316 e. The third-order valence-corrected chi connectivity index (χ3v) is 4.13. The van der Waals surface area contributed by atoms with Crippen molar-refractivity contribution in [2.75, 3.05) is 31.4 Å². The van der Waals surface area contributed by atoms with E-state index in [0.29, 0.717) is 11.8 Å². The van der Waals surface area contributed by atoms with Gasteiger partial charge in [-0.15, -0.1) is 0 Å². The Kier molecular flexibility index (Phi) is 4.80. The van der Waals surface area contributed by atoms with Gasteiger partial charge in [-0.1, -0.05) is 11.8 Å². The topological polar surface area (TPSA) is 73.3 Å². The SMILES string of the molecule is COc1cnc(OC2CCN(c3cc(C)nc(SC)n3)C2)nc1. The number of thioether (sulfide) groups is 1. The summed E-state index contributed by atoms with van der Waals surface area (Å²) >= 11 is 1.55. The van der Waals surface area contributed by atoms with Crippen LogP contribution in [0.25, 0.3) is 0 Å². The van der Waals surface area contributed by atoms with E-state index in [9.17, 15) is 0 Å². The molecule has 2 aromatic heterocycles. The number of hydrogen-bond donors (Lipinski definition) is 0. The van der Waals surface area contributed by atoms with Gasteiger partial charge in [-0.25, -0.2) is 9.97 Å². The second kappa shape index (κ2) is 6.99. The predicted molar refractivity (Wildman–Crippen MR) is 88.4 cm³/mol. The van der Waals surface area contributed by atoms with E-state index >= 15 is 0 Å². The molecule has 8 heteroatoms. The highest BCUT2D eigenvalue weighted by atomic mass is 32.2. The lowest BCUT2D eigenvalue weighted by Crippen LogP contribution is -2.26. The fraction of sp³-hybridized carbons (Fsp3) is 0.467. The maximum atomic E-state index is 5.85. The largest absolute Gasteiger partial charge is 0.494 e. The van der Waals surface area contributed by atoms with E-state index in [-0.39, 0.29) is 6.10 Å². The molecule has 23 heavy (non-hydrogen) atoms. The first-order chi connectivity index (χ1) is 11.2. The van der Waals surface area contributed by atoms with Crippen LogP contribution in [-0.4, -0.2) is 52.5 Å². The van der Waals surface area contributed by atoms with Crippen molar-refractivity contribution >= 4 is 17.6 Å². The number of aromatic nitrogens is 4. The van der Waals surface area contributed by atoms with Gasteiger partial charge in [-0.3, -0.25) is 0 Å². The summed E-state index contributed by atoms with van der Waals surface area (Å²) in [7, 11) is 1.58. The lowest BCUT2D eigenvalue weighted by molar-refractivity contribution is 0.205. The molecule has 0 bridgehead atoms. The number of hydrogen-bond acceptors (Lipinski definition) is 8. The molecule has 0 N–H and O–H groups in total. The fourth-order valence-electron chi connectivity index (χ4n) is 2.43. The van der Waals surface area contributed by atoms with Crippen LogP contribution in [0.1, 0.15) is 12.1 Å². The lowest BCUT2D eigenvalue weighted by atomic mass is 10.3. The number of ether oxygens (including phenoxy) is 2. The molecule has 0 amide bonds. The number of rotatable bonds is 5. The Morgan fingerprint density at radius 3 is 2.74 bits per heavy atom. The summed E-state index contributed by atoms with van der Waals surface area (Å²) in [6.07, 6.45) is 6.15. The van der Waals surface area contributed by atoms with Gasteiger partial charge in [-0.2, -0.15) is 9.97 Å². The zero-order valence-electron chi connectivity index (χ0n) is 13.4. The highest BCUT2D eigenvalue weighted by molar-refractivity contribution is 7.98. The predicted octanol–water partition coefficient (Wildman–Crippen LogP) is 1.96. The molecule has 1 atom stereocenters. The average Bonchev–Trinajstić information content (AvgIpc) is 3.03. The average molecular weight is 333 g/mol. The Bertz CT molecular complexity index is 667. The van der Waals surface area contributed by atoms with Crippen molar-refractivity contribution in [3.63, 3.8) is 0 Å². The van der Waals surface area contributed by atoms with Crippen LogP contribution in [0.3, 0.4) is 0 Å². The lowest BCUT2D eigenvalue weighted by Gasteiger charge is -2.18. The zero-order valence-corrected chi connectivity index (χ0v) is 14.2. The summed E-state index contributed by atoms with van der Waals surface area (Å²) in [5, 5.41) is 0.794. The molecule has 0 aromatic carbocycles. The van der Waals surface area contributed by atoms with E-state index in [1.54, 1.807) is 31.3 Å². The molecule has 7 nitrogen and oxygen atoms in total.